The fourth-order valence-electron chi connectivity index (χ4n) is 2.55. The van der Waals surface area contributed by atoms with Crippen molar-refractivity contribution in [1.29, 1.82) is 0 Å². The third kappa shape index (κ3) is 6.05. The average molecular weight is 398 g/mol. The smallest absolute Gasteiger partial charge is 0.338 e. The van der Waals surface area contributed by atoms with Gasteiger partial charge in [0, 0.05) is 23.0 Å². The SMILES string of the molecule is CC(C)(C)OC(=O)c1ccc(C(=O)Nc2cccc(C#Cc3ccccn3)c2)cc1. The standard InChI is InChI=1S/C25H22N2O3/c1-25(2,3)30-24(29)20-13-11-19(12-14-20)23(28)27-22-9-6-7-18(17-22)10-15-21-8-4-5-16-26-21/h4-9,11-14,16-17H,1-3H3,(H,27,28). The Balaban J connectivity index is 1.68. The molecule has 1 N–H and O–H groups in total. The van der Waals surface area contributed by atoms with Crippen LogP contribution in [0.4, 0.5) is 5.69 Å². The number of rotatable bonds is 3. The van der Waals surface area contributed by atoms with Crippen molar-refractivity contribution in [2.75, 3.05) is 5.32 Å². The van der Waals surface area contributed by atoms with E-state index in [2.05, 4.69) is 22.1 Å². The van der Waals surface area contributed by atoms with Crippen molar-refractivity contribution in [3.63, 3.8) is 0 Å². The minimum Gasteiger partial charge on any atom is -0.456 e. The summed E-state index contributed by atoms with van der Waals surface area (Å²) in [5, 5.41) is 2.85. The van der Waals surface area contributed by atoms with Crippen LogP contribution in [0.15, 0.2) is 72.9 Å². The molecule has 0 bridgehead atoms. The number of ether oxygens (including phenoxy) is 1. The number of nitrogens with one attached hydrogen (secondary N) is 1. The van der Waals surface area contributed by atoms with E-state index in [0.717, 1.165) is 5.56 Å². The molecule has 0 atom stereocenters. The quantitative estimate of drug-likeness (QED) is 0.513. The molecule has 0 fully saturated rings. The first-order chi connectivity index (χ1) is 14.3. The summed E-state index contributed by atoms with van der Waals surface area (Å²) in [5.41, 5.74) is 2.33. The number of aromatic nitrogens is 1. The molecular weight excluding hydrogens is 376 g/mol. The Morgan fingerprint density at radius 1 is 0.900 bits per heavy atom. The van der Waals surface area contributed by atoms with E-state index in [-0.39, 0.29) is 5.91 Å². The molecule has 0 saturated heterocycles. The van der Waals surface area contributed by atoms with E-state index >= 15 is 0 Å². The van der Waals surface area contributed by atoms with E-state index in [9.17, 15) is 9.59 Å². The summed E-state index contributed by atoms with van der Waals surface area (Å²) < 4.78 is 5.33. The lowest BCUT2D eigenvalue weighted by molar-refractivity contribution is 0.00693. The predicted molar refractivity (Wildman–Crippen MR) is 116 cm³/mol. The van der Waals surface area contributed by atoms with Gasteiger partial charge in [-0.1, -0.05) is 18.1 Å². The second-order valence-electron chi connectivity index (χ2n) is 7.58. The first kappa shape index (κ1) is 20.8. The van der Waals surface area contributed by atoms with Gasteiger partial charge in [-0.25, -0.2) is 9.78 Å². The molecule has 0 aliphatic carbocycles. The Kier molecular flexibility index (Phi) is 6.29. The Morgan fingerprint density at radius 3 is 2.30 bits per heavy atom. The number of anilines is 1. The van der Waals surface area contributed by atoms with Crippen LogP contribution in [0.5, 0.6) is 0 Å². The van der Waals surface area contributed by atoms with E-state index < -0.39 is 11.6 Å². The van der Waals surface area contributed by atoms with E-state index in [1.165, 1.54) is 0 Å². The highest BCUT2D eigenvalue weighted by Gasteiger charge is 2.18. The summed E-state index contributed by atoms with van der Waals surface area (Å²) >= 11 is 0. The van der Waals surface area contributed by atoms with Gasteiger partial charge in [-0.05, 0) is 81.3 Å². The van der Waals surface area contributed by atoms with Crippen LogP contribution in [0, 0.1) is 11.8 Å². The zero-order valence-corrected chi connectivity index (χ0v) is 17.1. The van der Waals surface area contributed by atoms with Crippen molar-refractivity contribution in [1.82, 2.24) is 4.98 Å². The third-order valence-corrected chi connectivity index (χ3v) is 3.90. The van der Waals surface area contributed by atoms with Gasteiger partial charge in [0.1, 0.15) is 11.3 Å². The number of nitrogens with zero attached hydrogens (tertiary/aromatic N) is 1. The lowest BCUT2D eigenvalue weighted by Crippen LogP contribution is -2.24. The molecule has 0 aliphatic heterocycles. The Bertz CT molecular complexity index is 1100. The molecule has 0 unspecified atom stereocenters. The molecule has 0 aliphatic rings. The van der Waals surface area contributed by atoms with Gasteiger partial charge in [-0.3, -0.25) is 4.79 Å². The fraction of sp³-hybridized carbons (Fsp3) is 0.160. The Hall–Kier alpha value is -3.91. The van der Waals surface area contributed by atoms with Gasteiger partial charge < -0.3 is 10.1 Å². The van der Waals surface area contributed by atoms with Crippen LogP contribution in [-0.2, 0) is 4.74 Å². The lowest BCUT2D eigenvalue weighted by Gasteiger charge is -2.19. The minimum atomic E-state index is -0.572. The maximum Gasteiger partial charge on any atom is 0.338 e. The molecule has 0 radical (unpaired) electrons. The molecule has 5 nitrogen and oxygen atoms in total. The molecule has 3 rings (SSSR count). The van der Waals surface area contributed by atoms with Crippen molar-refractivity contribution in [2.45, 2.75) is 26.4 Å². The second-order valence-corrected chi connectivity index (χ2v) is 7.58. The van der Waals surface area contributed by atoms with Gasteiger partial charge in [0.2, 0.25) is 0 Å². The van der Waals surface area contributed by atoms with Gasteiger partial charge in [0.05, 0.1) is 5.56 Å². The number of carbonyl (C=O) groups is 2. The fourth-order valence-corrected chi connectivity index (χ4v) is 2.55. The third-order valence-electron chi connectivity index (χ3n) is 3.90. The number of carbonyl (C=O) groups excluding carboxylic acids is 2. The van der Waals surface area contributed by atoms with E-state index in [0.29, 0.717) is 22.5 Å². The lowest BCUT2D eigenvalue weighted by atomic mass is 10.1. The van der Waals surface area contributed by atoms with Gasteiger partial charge >= 0.3 is 5.97 Å². The van der Waals surface area contributed by atoms with Crippen LogP contribution in [0.2, 0.25) is 0 Å². The van der Waals surface area contributed by atoms with Crippen LogP contribution in [0.25, 0.3) is 0 Å². The van der Waals surface area contributed by atoms with Crippen LogP contribution >= 0.6 is 0 Å². The second kappa shape index (κ2) is 9.06. The van der Waals surface area contributed by atoms with Crippen molar-refractivity contribution in [3.8, 4) is 11.8 Å². The highest BCUT2D eigenvalue weighted by Crippen LogP contribution is 2.15. The highest BCUT2D eigenvalue weighted by molar-refractivity contribution is 6.04. The average Bonchev–Trinajstić information content (AvgIpc) is 2.72. The maximum atomic E-state index is 12.5. The first-order valence-corrected chi connectivity index (χ1v) is 9.48. The van der Waals surface area contributed by atoms with Crippen molar-refractivity contribution in [3.05, 3.63) is 95.3 Å². The zero-order valence-electron chi connectivity index (χ0n) is 17.1. The molecule has 3 aromatic rings. The summed E-state index contributed by atoms with van der Waals surface area (Å²) in [6, 6.07) is 19.2. The number of benzene rings is 2. The molecule has 2 aromatic carbocycles. The summed E-state index contributed by atoms with van der Waals surface area (Å²) in [5.74, 6) is 5.33. The zero-order chi connectivity index (χ0) is 21.6. The van der Waals surface area contributed by atoms with E-state index in [1.807, 2.05) is 51.1 Å². The number of esters is 1. The summed E-state index contributed by atoms with van der Waals surface area (Å²) in [6.45, 7) is 5.42. The number of pyridine rings is 1. The maximum absolute atomic E-state index is 12.5. The summed E-state index contributed by atoms with van der Waals surface area (Å²) in [6.07, 6.45) is 1.69. The number of hydrogen-bond acceptors (Lipinski definition) is 4. The monoisotopic (exact) mass is 398 g/mol. The summed E-state index contributed by atoms with van der Waals surface area (Å²) in [4.78, 5) is 28.8. The van der Waals surface area contributed by atoms with Gasteiger partial charge in [0.15, 0.2) is 0 Å². The molecule has 150 valence electrons. The molecule has 30 heavy (non-hydrogen) atoms. The van der Waals surface area contributed by atoms with Crippen molar-refractivity contribution in [2.24, 2.45) is 0 Å². The largest absolute Gasteiger partial charge is 0.456 e. The topological polar surface area (TPSA) is 68.3 Å². The Labute approximate surface area is 176 Å². The van der Waals surface area contributed by atoms with Gasteiger partial charge in [-0.15, -0.1) is 0 Å². The van der Waals surface area contributed by atoms with E-state index in [1.54, 1.807) is 42.6 Å². The van der Waals surface area contributed by atoms with Crippen molar-refractivity contribution >= 4 is 17.6 Å². The van der Waals surface area contributed by atoms with Crippen LogP contribution in [-0.4, -0.2) is 22.5 Å². The molecule has 5 heteroatoms. The van der Waals surface area contributed by atoms with Gasteiger partial charge in [-0.2, -0.15) is 0 Å². The van der Waals surface area contributed by atoms with Crippen molar-refractivity contribution < 1.29 is 14.3 Å². The van der Waals surface area contributed by atoms with Crippen LogP contribution in [0.3, 0.4) is 0 Å². The minimum absolute atomic E-state index is 0.277. The molecule has 1 heterocycles. The Morgan fingerprint density at radius 2 is 1.63 bits per heavy atom. The normalized spacial score (nSPS) is 10.5. The van der Waals surface area contributed by atoms with E-state index in [4.69, 9.17) is 4.74 Å². The van der Waals surface area contributed by atoms with Crippen LogP contribution in [0.1, 0.15) is 52.7 Å². The molecular formula is C25H22N2O3. The van der Waals surface area contributed by atoms with Crippen LogP contribution < -0.4 is 5.32 Å². The van der Waals surface area contributed by atoms with Gasteiger partial charge in [0.25, 0.3) is 5.91 Å². The molecule has 1 aromatic heterocycles. The highest BCUT2D eigenvalue weighted by atomic mass is 16.6. The molecule has 1 amide bonds. The molecule has 0 spiro atoms. The number of amides is 1. The first-order valence-electron chi connectivity index (χ1n) is 9.48. The molecule has 0 saturated carbocycles. The number of hydrogen-bond donors (Lipinski definition) is 1. The predicted octanol–water partition coefficient (Wildman–Crippen LogP) is 4.69. The summed E-state index contributed by atoms with van der Waals surface area (Å²) in [7, 11) is 0.